The molecule has 0 heterocycles. The van der Waals surface area contributed by atoms with Crippen LogP contribution in [0.3, 0.4) is 0 Å². The molecule has 0 saturated heterocycles. The van der Waals surface area contributed by atoms with E-state index in [2.05, 4.69) is 5.32 Å². The number of aromatic carboxylic acids is 1. The Hall–Kier alpha value is -2.43. The van der Waals surface area contributed by atoms with Crippen molar-refractivity contribution in [3.05, 3.63) is 65.2 Å². The molecule has 0 spiro atoms. The van der Waals surface area contributed by atoms with Crippen LogP contribution in [0.4, 0.5) is 14.5 Å². The summed E-state index contributed by atoms with van der Waals surface area (Å²) in [6.07, 6.45) is 0. The van der Waals surface area contributed by atoms with Crippen LogP contribution in [0.2, 0.25) is 0 Å². The molecule has 0 aromatic heterocycles. The molecule has 2 aromatic carbocycles. The average molecular weight is 263 g/mol. The van der Waals surface area contributed by atoms with E-state index in [0.717, 1.165) is 6.07 Å². The number of hydrogen-bond acceptors (Lipinski definition) is 2. The van der Waals surface area contributed by atoms with E-state index in [1.807, 2.05) is 0 Å². The van der Waals surface area contributed by atoms with E-state index in [-0.39, 0.29) is 17.7 Å². The molecule has 0 atom stereocenters. The van der Waals surface area contributed by atoms with Gasteiger partial charge >= 0.3 is 5.97 Å². The third-order valence-electron chi connectivity index (χ3n) is 2.60. The van der Waals surface area contributed by atoms with E-state index in [0.29, 0.717) is 5.69 Å². The van der Waals surface area contributed by atoms with Gasteiger partial charge in [-0.25, -0.2) is 13.6 Å². The molecule has 0 bridgehead atoms. The molecular weight excluding hydrogens is 252 g/mol. The summed E-state index contributed by atoms with van der Waals surface area (Å²) in [7, 11) is 0. The fourth-order valence-electron chi connectivity index (χ4n) is 1.64. The van der Waals surface area contributed by atoms with Gasteiger partial charge in [-0.05, 0) is 36.4 Å². The predicted molar refractivity (Wildman–Crippen MR) is 67.1 cm³/mol. The van der Waals surface area contributed by atoms with Crippen molar-refractivity contribution >= 4 is 11.7 Å². The standard InChI is InChI=1S/C14H11F2NO2/c15-11-2-1-3-12(7-11)17-8-10-6-9(14(18)19)4-5-13(10)16/h1-7,17H,8H2,(H,18,19). The number of carboxylic acids is 1. The third-order valence-corrected chi connectivity index (χ3v) is 2.60. The van der Waals surface area contributed by atoms with E-state index in [1.54, 1.807) is 6.07 Å². The summed E-state index contributed by atoms with van der Waals surface area (Å²) in [6.45, 7) is 0.0798. The molecule has 0 aliphatic heterocycles. The van der Waals surface area contributed by atoms with Crippen LogP contribution in [0, 0.1) is 11.6 Å². The second kappa shape index (κ2) is 5.48. The number of halogens is 2. The van der Waals surface area contributed by atoms with Crippen molar-refractivity contribution in [3.8, 4) is 0 Å². The summed E-state index contributed by atoms with van der Waals surface area (Å²) in [5, 5.41) is 11.7. The molecule has 0 amide bonds. The van der Waals surface area contributed by atoms with Crippen LogP contribution in [-0.4, -0.2) is 11.1 Å². The van der Waals surface area contributed by atoms with Gasteiger partial charge < -0.3 is 10.4 Å². The highest BCUT2D eigenvalue weighted by molar-refractivity contribution is 5.87. The first-order chi connectivity index (χ1) is 9.06. The van der Waals surface area contributed by atoms with E-state index >= 15 is 0 Å². The van der Waals surface area contributed by atoms with Gasteiger partial charge in [0.05, 0.1) is 5.56 Å². The van der Waals surface area contributed by atoms with Crippen LogP contribution in [0.1, 0.15) is 15.9 Å². The molecule has 2 aromatic rings. The molecule has 98 valence electrons. The van der Waals surface area contributed by atoms with Crippen LogP contribution < -0.4 is 5.32 Å². The first-order valence-corrected chi connectivity index (χ1v) is 5.57. The number of carboxylic acid groups (broad SMARTS) is 1. The maximum Gasteiger partial charge on any atom is 0.335 e. The molecule has 0 radical (unpaired) electrons. The minimum Gasteiger partial charge on any atom is -0.478 e. The summed E-state index contributed by atoms with van der Waals surface area (Å²) >= 11 is 0. The van der Waals surface area contributed by atoms with Gasteiger partial charge in [0.25, 0.3) is 0 Å². The Bertz CT molecular complexity index is 614. The summed E-state index contributed by atoms with van der Waals surface area (Å²) in [6, 6.07) is 9.30. The van der Waals surface area contributed by atoms with Crippen LogP contribution in [0.5, 0.6) is 0 Å². The highest BCUT2D eigenvalue weighted by Gasteiger charge is 2.08. The second-order valence-corrected chi connectivity index (χ2v) is 3.98. The van der Waals surface area contributed by atoms with Crippen molar-refractivity contribution in [2.75, 3.05) is 5.32 Å². The Morgan fingerprint density at radius 2 is 1.95 bits per heavy atom. The van der Waals surface area contributed by atoms with Crippen LogP contribution >= 0.6 is 0 Å². The lowest BCUT2D eigenvalue weighted by molar-refractivity contribution is 0.0696. The Morgan fingerprint density at radius 1 is 1.16 bits per heavy atom. The maximum atomic E-state index is 13.5. The lowest BCUT2D eigenvalue weighted by Gasteiger charge is -2.08. The van der Waals surface area contributed by atoms with Gasteiger partial charge in [-0.1, -0.05) is 6.07 Å². The third kappa shape index (κ3) is 3.28. The van der Waals surface area contributed by atoms with Crippen molar-refractivity contribution in [2.24, 2.45) is 0 Å². The number of rotatable bonds is 4. The highest BCUT2D eigenvalue weighted by atomic mass is 19.1. The Balaban J connectivity index is 2.15. The molecule has 0 saturated carbocycles. The van der Waals surface area contributed by atoms with Crippen molar-refractivity contribution in [1.29, 1.82) is 0 Å². The summed E-state index contributed by atoms with van der Waals surface area (Å²) in [4.78, 5) is 10.8. The summed E-state index contributed by atoms with van der Waals surface area (Å²) in [5.41, 5.74) is 0.724. The summed E-state index contributed by atoms with van der Waals surface area (Å²) in [5.74, 6) is -2.02. The molecule has 2 rings (SSSR count). The highest BCUT2D eigenvalue weighted by Crippen LogP contribution is 2.14. The van der Waals surface area contributed by atoms with Crippen LogP contribution in [0.15, 0.2) is 42.5 Å². The summed E-state index contributed by atoms with van der Waals surface area (Å²) < 4.78 is 26.5. The lowest BCUT2D eigenvalue weighted by atomic mass is 10.1. The maximum absolute atomic E-state index is 13.5. The van der Waals surface area contributed by atoms with Gasteiger partial charge in [0.15, 0.2) is 0 Å². The van der Waals surface area contributed by atoms with E-state index in [4.69, 9.17) is 5.11 Å². The van der Waals surface area contributed by atoms with E-state index in [9.17, 15) is 13.6 Å². The Morgan fingerprint density at radius 3 is 2.63 bits per heavy atom. The molecule has 0 aliphatic rings. The molecule has 0 unspecified atom stereocenters. The SMILES string of the molecule is O=C(O)c1ccc(F)c(CNc2cccc(F)c2)c1. The zero-order chi connectivity index (χ0) is 13.8. The number of benzene rings is 2. The minimum absolute atomic E-state index is 0.0115. The predicted octanol–water partition coefficient (Wildman–Crippen LogP) is 3.28. The first-order valence-electron chi connectivity index (χ1n) is 5.57. The normalized spacial score (nSPS) is 10.2. The number of nitrogens with one attached hydrogen (secondary N) is 1. The van der Waals surface area contributed by atoms with Crippen molar-refractivity contribution in [1.82, 2.24) is 0 Å². The quantitative estimate of drug-likeness (QED) is 0.890. The fourth-order valence-corrected chi connectivity index (χ4v) is 1.64. The number of anilines is 1. The van der Waals surface area contributed by atoms with Gasteiger partial charge in [0, 0.05) is 17.8 Å². The zero-order valence-electron chi connectivity index (χ0n) is 9.86. The lowest BCUT2D eigenvalue weighted by Crippen LogP contribution is -2.05. The molecule has 2 N–H and O–H groups in total. The van der Waals surface area contributed by atoms with Crippen molar-refractivity contribution < 1.29 is 18.7 Å². The molecule has 3 nitrogen and oxygen atoms in total. The molecule has 0 aliphatic carbocycles. The Labute approximate surface area is 108 Å². The van der Waals surface area contributed by atoms with Gasteiger partial charge in [-0.3, -0.25) is 0 Å². The van der Waals surface area contributed by atoms with Gasteiger partial charge in [0.1, 0.15) is 11.6 Å². The topological polar surface area (TPSA) is 49.3 Å². The molecule has 5 heteroatoms. The molecule has 0 fully saturated rings. The van der Waals surface area contributed by atoms with Crippen molar-refractivity contribution in [3.63, 3.8) is 0 Å². The molecular formula is C14H11F2NO2. The minimum atomic E-state index is -1.12. The smallest absolute Gasteiger partial charge is 0.335 e. The zero-order valence-corrected chi connectivity index (χ0v) is 9.86. The monoisotopic (exact) mass is 263 g/mol. The molecule has 19 heavy (non-hydrogen) atoms. The second-order valence-electron chi connectivity index (χ2n) is 3.98. The Kier molecular flexibility index (Phi) is 3.75. The largest absolute Gasteiger partial charge is 0.478 e. The van der Waals surface area contributed by atoms with Gasteiger partial charge in [-0.2, -0.15) is 0 Å². The van der Waals surface area contributed by atoms with Crippen molar-refractivity contribution in [2.45, 2.75) is 6.54 Å². The number of hydrogen-bond donors (Lipinski definition) is 2. The number of carbonyl (C=O) groups is 1. The van der Waals surface area contributed by atoms with Gasteiger partial charge in [0.2, 0.25) is 0 Å². The average Bonchev–Trinajstić information content (AvgIpc) is 2.37. The van der Waals surface area contributed by atoms with E-state index < -0.39 is 17.6 Å². The van der Waals surface area contributed by atoms with Crippen LogP contribution in [-0.2, 0) is 6.54 Å². The first kappa shape index (κ1) is 13.0. The van der Waals surface area contributed by atoms with Gasteiger partial charge in [-0.15, -0.1) is 0 Å². The fraction of sp³-hybridized carbons (Fsp3) is 0.0714. The van der Waals surface area contributed by atoms with Crippen LogP contribution in [0.25, 0.3) is 0 Å². The van der Waals surface area contributed by atoms with E-state index in [1.165, 1.54) is 30.3 Å².